The molecule has 3 saturated carbocycles. The molecular formula is C25H34O7. The van der Waals surface area contributed by atoms with Gasteiger partial charge in [-0.1, -0.05) is 19.4 Å². The van der Waals surface area contributed by atoms with Crippen LogP contribution in [0.25, 0.3) is 0 Å². The summed E-state index contributed by atoms with van der Waals surface area (Å²) in [6.07, 6.45) is 6.13. The Hall–Kier alpha value is -1.73. The van der Waals surface area contributed by atoms with Crippen molar-refractivity contribution >= 4 is 17.7 Å². The van der Waals surface area contributed by atoms with Gasteiger partial charge >= 0.3 is 11.9 Å². The molecule has 176 valence electrons. The topological polar surface area (TPSA) is 102 Å². The van der Waals surface area contributed by atoms with Crippen molar-refractivity contribution < 1.29 is 33.7 Å². The molecular weight excluding hydrogens is 412 g/mol. The number of carbonyl (C=O) groups is 3. The number of esters is 2. The van der Waals surface area contributed by atoms with E-state index in [4.69, 9.17) is 14.2 Å². The van der Waals surface area contributed by atoms with Gasteiger partial charge in [-0.3, -0.25) is 14.4 Å². The zero-order valence-electron chi connectivity index (χ0n) is 19.4. The van der Waals surface area contributed by atoms with Gasteiger partial charge in [-0.05, 0) is 56.4 Å². The lowest BCUT2D eigenvalue weighted by Gasteiger charge is -2.57. The third-order valence-electron chi connectivity index (χ3n) is 9.83. The van der Waals surface area contributed by atoms with E-state index in [2.05, 4.69) is 13.8 Å². The van der Waals surface area contributed by atoms with E-state index in [0.717, 1.165) is 25.7 Å². The first-order chi connectivity index (χ1) is 15.0. The van der Waals surface area contributed by atoms with E-state index >= 15 is 0 Å². The highest BCUT2D eigenvalue weighted by Gasteiger charge is 2.81. The van der Waals surface area contributed by atoms with Gasteiger partial charge in [0.2, 0.25) is 0 Å². The standard InChI is InChI=1S/C25H34O7/c1-14(26)30-13-21(31-15(2)27)24(29)10-8-18-19-6-5-16-11-17(28)7-9-22(16,3)25(19)20(32-25)12-23(18,24)4/h11,18-21,29H,5-10,12-13H2,1-4H3. The SMILES string of the molecule is CC(=O)OCC(OC(C)=O)C1(O)CCC2C3CCC4=CC(=O)CCC4(C)C34OC4CC21C. The Morgan fingerprint density at radius 1 is 1.16 bits per heavy atom. The second-order valence-electron chi connectivity index (χ2n) is 11.1. The summed E-state index contributed by atoms with van der Waals surface area (Å²) in [4.78, 5) is 35.4. The fourth-order valence-electron chi connectivity index (χ4n) is 8.25. The molecule has 8 unspecified atom stereocenters. The van der Waals surface area contributed by atoms with Gasteiger partial charge in [0, 0.05) is 31.1 Å². The second kappa shape index (κ2) is 6.89. The molecule has 5 aliphatic rings. The van der Waals surface area contributed by atoms with Gasteiger partial charge < -0.3 is 19.3 Å². The zero-order chi connectivity index (χ0) is 23.1. The minimum absolute atomic E-state index is 0.00646. The van der Waals surface area contributed by atoms with Gasteiger partial charge in [0.15, 0.2) is 11.9 Å². The van der Waals surface area contributed by atoms with Gasteiger partial charge in [-0.15, -0.1) is 0 Å². The third-order valence-corrected chi connectivity index (χ3v) is 9.83. The third kappa shape index (κ3) is 2.70. The molecule has 32 heavy (non-hydrogen) atoms. The maximum Gasteiger partial charge on any atom is 0.303 e. The fraction of sp³-hybridized carbons (Fsp3) is 0.800. The molecule has 0 aromatic carbocycles. The predicted molar refractivity (Wildman–Crippen MR) is 113 cm³/mol. The monoisotopic (exact) mass is 446 g/mol. The Bertz CT molecular complexity index is 910. The maximum absolute atomic E-state index is 12.1. The molecule has 7 nitrogen and oxygen atoms in total. The Balaban J connectivity index is 1.49. The van der Waals surface area contributed by atoms with Crippen LogP contribution in [0.3, 0.4) is 0 Å². The molecule has 0 aromatic rings. The Kier molecular flexibility index (Phi) is 4.75. The number of ether oxygens (including phenoxy) is 3. The molecule has 0 aromatic heterocycles. The maximum atomic E-state index is 12.1. The Labute approximate surface area is 188 Å². The molecule has 4 fully saturated rings. The number of rotatable bonds is 4. The molecule has 1 N–H and O–H groups in total. The number of carbonyl (C=O) groups excluding carboxylic acids is 3. The summed E-state index contributed by atoms with van der Waals surface area (Å²) in [6, 6.07) is 0. The zero-order valence-corrected chi connectivity index (χ0v) is 19.4. The van der Waals surface area contributed by atoms with Crippen LogP contribution >= 0.6 is 0 Å². The first kappa shape index (κ1) is 22.1. The highest BCUT2D eigenvalue weighted by atomic mass is 16.6. The summed E-state index contributed by atoms with van der Waals surface area (Å²) in [5.41, 5.74) is -0.984. The van der Waals surface area contributed by atoms with Crippen LogP contribution in [0.5, 0.6) is 0 Å². The molecule has 7 heteroatoms. The van der Waals surface area contributed by atoms with E-state index < -0.39 is 29.1 Å². The highest BCUT2D eigenvalue weighted by Crippen LogP contribution is 2.76. The van der Waals surface area contributed by atoms with E-state index in [9.17, 15) is 19.5 Å². The summed E-state index contributed by atoms with van der Waals surface area (Å²) < 4.78 is 17.3. The average molecular weight is 447 g/mol. The quantitative estimate of drug-likeness (QED) is 0.523. The van der Waals surface area contributed by atoms with Crippen molar-refractivity contribution in [3.8, 4) is 0 Å². The van der Waals surface area contributed by atoms with E-state index in [1.807, 2.05) is 6.08 Å². The van der Waals surface area contributed by atoms with Crippen LogP contribution in [0.4, 0.5) is 0 Å². The Morgan fingerprint density at radius 2 is 1.91 bits per heavy atom. The van der Waals surface area contributed by atoms with Gasteiger partial charge in [-0.25, -0.2) is 0 Å². The summed E-state index contributed by atoms with van der Waals surface area (Å²) in [5.74, 6) is -0.262. The lowest BCUT2D eigenvalue weighted by molar-refractivity contribution is -0.203. The number of hydrogen-bond donors (Lipinski definition) is 1. The van der Waals surface area contributed by atoms with Crippen LogP contribution in [0, 0.1) is 22.7 Å². The van der Waals surface area contributed by atoms with E-state index in [1.54, 1.807) is 0 Å². The van der Waals surface area contributed by atoms with Crippen molar-refractivity contribution in [2.24, 2.45) is 22.7 Å². The minimum atomic E-state index is -1.30. The van der Waals surface area contributed by atoms with Crippen LogP contribution in [0.15, 0.2) is 11.6 Å². The second-order valence-corrected chi connectivity index (χ2v) is 11.1. The van der Waals surface area contributed by atoms with Gasteiger partial charge in [0.1, 0.15) is 17.8 Å². The number of epoxide rings is 1. The minimum Gasteiger partial charge on any atom is -0.462 e. The normalized spacial score (nSPS) is 47.2. The first-order valence-electron chi connectivity index (χ1n) is 11.9. The van der Waals surface area contributed by atoms with Gasteiger partial charge in [0.25, 0.3) is 0 Å². The molecule has 1 aliphatic heterocycles. The lowest BCUT2D eigenvalue weighted by Crippen LogP contribution is -2.63. The smallest absolute Gasteiger partial charge is 0.303 e. The van der Waals surface area contributed by atoms with Crippen molar-refractivity contribution in [1.29, 1.82) is 0 Å². The number of aliphatic hydroxyl groups is 1. The first-order valence-corrected chi connectivity index (χ1v) is 11.9. The van der Waals surface area contributed by atoms with Crippen LogP contribution < -0.4 is 0 Å². The molecule has 8 atom stereocenters. The average Bonchev–Trinajstić information content (AvgIpc) is 3.37. The molecule has 5 rings (SSSR count). The Morgan fingerprint density at radius 3 is 2.59 bits per heavy atom. The molecule has 1 heterocycles. The molecule has 1 spiro atoms. The number of hydrogen-bond acceptors (Lipinski definition) is 7. The summed E-state index contributed by atoms with van der Waals surface area (Å²) in [6.45, 7) is 6.84. The van der Waals surface area contributed by atoms with Crippen molar-refractivity contribution in [1.82, 2.24) is 0 Å². The van der Waals surface area contributed by atoms with Crippen molar-refractivity contribution in [2.45, 2.75) is 96.1 Å². The predicted octanol–water partition coefficient (Wildman–Crippen LogP) is 2.88. The van der Waals surface area contributed by atoms with Crippen molar-refractivity contribution in [2.75, 3.05) is 6.61 Å². The molecule has 1 saturated heterocycles. The molecule has 0 amide bonds. The number of fused-ring (bicyclic) bond motifs is 3. The molecule has 4 aliphatic carbocycles. The number of ketones is 1. The van der Waals surface area contributed by atoms with Crippen LogP contribution in [-0.2, 0) is 28.6 Å². The van der Waals surface area contributed by atoms with Gasteiger partial charge in [0.05, 0.1) is 6.10 Å². The molecule has 0 bridgehead atoms. The van der Waals surface area contributed by atoms with Crippen molar-refractivity contribution in [3.63, 3.8) is 0 Å². The van der Waals surface area contributed by atoms with E-state index in [0.29, 0.717) is 19.3 Å². The highest BCUT2D eigenvalue weighted by molar-refractivity contribution is 5.91. The largest absolute Gasteiger partial charge is 0.462 e. The van der Waals surface area contributed by atoms with E-state index in [1.165, 1.54) is 19.4 Å². The fourth-order valence-corrected chi connectivity index (χ4v) is 8.25. The van der Waals surface area contributed by atoms with Crippen LogP contribution in [-0.4, -0.2) is 52.8 Å². The van der Waals surface area contributed by atoms with Crippen LogP contribution in [0.2, 0.25) is 0 Å². The van der Waals surface area contributed by atoms with Crippen molar-refractivity contribution in [3.05, 3.63) is 11.6 Å². The summed E-state index contributed by atoms with van der Waals surface area (Å²) >= 11 is 0. The summed E-state index contributed by atoms with van der Waals surface area (Å²) in [7, 11) is 0. The lowest BCUT2D eigenvalue weighted by atomic mass is 9.46. The van der Waals surface area contributed by atoms with Crippen LogP contribution in [0.1, 0.15) is 72.6 Å². The molecule has 0 radical (unpaired) electrons. The summed E-state index contributed by atoms with van der Waals surface area (Å²) in [5, 5.41) is 12.0. The van der Waals surface area contributed by atoms with Gasteiger partial charge in [-0.2, -0.15) is 0 Å². The van der Waals surface area contributed by atoms with E-state index in [-0.39, 0.29) is 41.3 Å².